The summed E-state index contributed by atoms with van der Waals surface area (Å²) in [5, 5.41) is 3.61. The van der Waals surface area contributed by atoms with E-state index in [9.17, 15) is 13.2 Å². The summed E-state index contributed by atoms with van der Waals surface area (Å²) in [6.07, 6.45) is 0. The smallest absolute Gasteiger partial charge is 0.367 e. The van der Waals surface area contributed by atoms with Crippen LogP contribution in [0.2, 0.25) is 20.1 Å². The molecule has 0 aromatic heterocycles. The number of nitrogens with zero attached hydrogens (tertiary/aromatic N) is 1. The third kappa shape index (κ3) is 4.94. The van der Waals surface area contributed by atoms with E-state index < -0.39 is 19.9 Å². The SMILES string of the molecule is N/C(=N\OC(=O)c1cc(S(=O)(=O)Cl)c(Cl)cc1Cl)c1ccc(Cl)cc1Cl. The predicted molar refractivity (Wildman–Crippen MR) is 102 cm³/mol. The summed E-state index contributed by atoms with van der Waals surface area (Å²) >= 11 is 23.4. The zero-order valence-electron chi connectivity index (χ0n) is 12.3. The summed E-state index contributed by atoms with van der Waals surface area (Å²) in [4.78, 5) is 16.3. The quantitative estimate of drug-likeness (QED) is 0.227. The molecule has 26 heavy (non-hydrogen) atoms. The Bertz CT molecular complexity index is 1020. The van der Waals surface area contributed by atoms with Crippen LogP contribution < -0.4 is 5.73 Å². The van der Waals surface area contributed by atoms with E-state index in [0.29, 0.717) is 5.02 Å². The molecule has 0 aliphatic rings. The van der Waals surface area contributed by atoms with Crippen molar-refractivity contribution in [2.24, 2.45) is 10.9 Å². The molecular weight excluding hydrogens is 469 g/mol. The molecule has 0 fully saturated rings. The van der Waals surface area contributed by atoms with Gasteiger partial charge in [-0.05, 0) is 30.3 Å². The molecular formula is C14H7Cl5N2O4S. The lowest BCUT2D eigenvalue weighted by atomic mass is 10.2. The Kier molecular flexibility index (Phi) is 6.65. The Morgan fingerprint density at radius 1 is 0.962 bits per heavy atom. The third-order valence-electron chi connectivity index (χ3n) is 2.94. The fraction of sp³-hybridized carbons (Fsp3) is 0. The van der Waals surface area contributed by atoms with Crippen molar-refractivity contribution < 1.29 is 18.0 Å². The molecule has 6 nitrogen and oxygen atoms in total. The Hall–Kier alpha value is -1.22. The van der Waals surface area contributed by atoms with Crippen molar-refractivity contribution in [1.29, 1.82) is 0 Å². The van der Waals surface area contributed by atoms with Crippen molar-refractivity contribution in [2.45, 2.75) is 4.90 Å². The van der Waals surface area contributed by atoms with Crippen LogP contribution in [0.1, 0.15) is 15.9 Å². The lowest BCUT2D eigenvalue weighted by molar-refractivity contribution is 0.0516. The highest BCUT2D eigenvalue weighted by atomic mass is 35.7. The molecule has 2 N–H and O–H groups in total. The van der Waals surface area contributed by atoms with Gasteiger partial charge in [0.2, 0.25) is 0 Å². The number of oxime groups is 1. The highest BCUT2D eigenvalue weighted by Gasteiger charge is 2.22. The average Bonchev–Trinajstić information content (AvgIpc) is 2.51. The maximum atomic E-state index is 12.1. The van der Waals surface area contributed by atoms with E-state index in [2.05, 4.69) is 9.99 Å². The minimum Gasteiger partial charge on any atom is -0.380 e. The van der Waals surface area contributed by atoms with Gasteiger partial charge in [-0.25, -0.2) is 13.2 Å². The van der Waals surface area contributed by atoms with Gasteiger partial charge in [0.05, 0.1) is 20.6 Å². The Morgan fingerprint density at radius 2 is 1.58 bits per heavy atom. The fourth-order valence-electron chi connectivity index (χ4n) is 1.76. The van der Waals surface area contributed by atoms with Crippen LogP contribution in [0.5, 0.6) is 0 Å². The van der Waals surface area contributed by atoms with Gasteiger partial charge in [-0.2, -0.15) is 0 Å². The summed E-state index contributed by atoms with van der Waals surface area (Å²) < 4.78 is 22.9. The van der Waals surface area contributed by atoms with Crippen LogP contribution >= 0.6 is 57.1 Å². The number of halogens is 5. The highest BCUT2D eigenvalue weighted by Crippen LogP contribution is 2.31. The summed E-state index contributed by atoms with van der Waals surface area (Å²) in [5.74, 6) is -1.29. The van der Waals surface area contributed by atoms with Crippen molar-refractivity contribution in [3.8, 4) is 0 Å². The number of hydrogen-bond donors (Lipinski definition) is 1. The number of rotatable bonds is 4. The Balaban J connectivity index is 2.33. The van der Waals surface area contributed by atoms with Gasteiger partial charge in [0.25, 0.3) is 9.05 Å². The van der Waals surface area contributed by atoms with Crippen LogP contribution in [0.4, 0.5) is 0 Å². The van der Waals surface area contributed by atoms with Crippen LogP contribution in [-0.4, -0.2) is 20.2 Å². The average molecular weight is 477 g/mol. The van der Waals surface area contributed by atoms with Crippen molar-refractivity contribution in [1.82, 2.24) is 0 Å². The Morgan fingerprint density at radius 3 is 2.15 bits per heavy atom. The Labute approximate surface area is 172 Å². The van der Waals surface area contributed by atoms with E-state index in [1.807, 2.05) is 0 Å². The largest absolute Gasteiger partial charge is 0.380 e. The van der Waals surface area contributed by atoms with Gasteiger partial charge < -0.3 is 10.6 Å². The molecule has 2 aromatic rings. The molecule has 0 spiro atoms. The first-order valence-electron chi connectivity index (χ1n) is 6.44. The predicted octanol–water partition coefficient (Wildman–Crippen LogP) is 4.71. The minimum absolute atomic E-state index is 0.164. The summed E-state index contributed by atoms with van der Waals surface area (Å²) in [6.45, 7) is 0. The molecule has 0 unspecified atom stereocenters. The number of carbonyl (C=O) groups excluding carboxylic acids is 1. The van der Waals surface area contributed by atoms with Crippen LogP contribution in [0, 0.1) is 0 Å². The van der Waals surface area contributed by atoms with Crippen LogP contribution in [0.15, 0.2) is 40.4 Å². The molecule has 0 amide bonds. The van der Waals surface area contributed by atoms with Gasteiger partial charge in [0.15, 0.2) is 5.84 Å². The molecule has 0 heterocycles. The molecule has 0 bridgehead atoms. The first-order chi connectivity index (χ1) is 12.0. The molecule has 12 heteroatoms. The molecule has 138 valence electrons. The number of benzene rings is 2. The molecule has 0 aliphatic heterocycles. The fourth-order valence-corrected chi connectivity index (χ4v) is 4.08. The molecule has 0 atom stereocenters. The van der Waals surface area contributed by atoms with Gasteiger partial charge in [-0.1, -0.05) is 51.6 Å². The van der Waals surface area contributed by atoms with Crippen molar-refractivity contribution >= 4 is 77.9 Å². The van der Waals surface area contributed by atoms with Crippen LogP contribution in [-0.2, 0) is 13.9 Å². The van der Waals surface area contributed by atoms with E-state index in [0.717, 1.165) is 12.1 Å². The van der Waals surface area contributed by atoms with Crippen molar-refractivity contribution in [3.63, 3.8) is 0 Å². The van der Waals surface area contributed by atoms with E-state index in [1.54, 1.807) is 0 Å². The topological polar surface area (TPSA) is 98.8 Å². The van der Waals surface area contributed by atoms with Gasteiger partial charge >= 0.3 is 5.97 Å². The van der Waals surface area contributed by atoms with Gasteiger partial charge in [-0.15, -0.1) is 0 Å². The summed E-state index contributed by atoms with van der Waals surface area (Å²) in [7, 11) is 1.04. The molecule has 2 rings (SSSR count). The number of nitrogens with two attached hydrogens (primary N) is 1. The second-order valence-corrected chi connectivity index (χ2v) is 8.87. The maximum absolute atomic E-state index is 12.1. The number of carbonyl (C=O) groups is 1. The standard InChI is InChI=1S/C14H7Cl5N2O4S/c15-6-1-2-7(9(16)3-6)13(20)21-25-14(22)8-4-12(26(19,23)24)11(18)5-10(8)17/h1-5H,(H2,20,21). The zero-order chi connectivity index (χ0) is 19.6. The van der Waals surface area contributed by atoms with E-state index in [1.165, 1.54) is 18.2 Å². The number of hydrogen-bond acceptors (Lipinski definition) is 5. The molecule has 2 aromatic carbocycles. The monoisotopic (exact) mass is 474 g/mol. The first kappa shape index (κ1) is 21.1. The van der Waals surface area contributed by atoms with Crippen molar-refractivity contribution in [2.75, 3.05) is 0 Å². The van der Waals surface area contributed by atoms with Gasteiger partial charge in [0.1, 0.15) is 4.90 Å². The van der Waals surface area contributed by atoms with E-state index >= 15 is 0 Å². The molecule has 0 saturated heterocycles. The first-order valence-corrected chi connectivity index (χ1v) is 10.3. The highest BCUT2D eigenvalue weighted by molar-refractivity contribution is 8.13. The lowest BCUT2D eigenvalue weighted by Crippen LogP contribution is -2.16. The number of amidine groups is 1. The van der Waals surface area contributed by atoms with Gasteiger partial charge in [0, 0.05) is 21.3 Å². The van der Waals surface area contributed by atoms with E-state index in [4.69, 9.17) is 62.8 Å². The third-order valence-corrected chi connectivity index (χ3v) is 5.59. The van der Waals surface area contributed by atoms with E-state index in [-0.39, 0.29) is 32.0 Å². The van der Waals surface area contributed by atoms with Crippen LogP contribution in [0.25, 0.3) is 0 Å². The zero-order valence-corrected chi connectivity index (χ0v) is 16.9. The molecule has 0 saturated carbocycles. The summed E-state index contributed by atoms with van der Waals surface area (Å²) in [5.41, 5.74) is 5.66. The lowest BCUT2D eigenvalue weighted by Gasteiger charge is -2.07. The normalized spacial score (nSPS) is 12.1. The second-order valence-electron chi connectivity index (χ2n) is 4.68. The molecule has 0 aliphatic carbocycles. The second kappa shape index (κ2) is 8.21. The molecule has 0 radical (unpaired) electrons. The summed E-state index contributed by atoms with van der Waals surface area (Å²) in [6, 6.07) is 6.33. The minimum atomic E-state index is -4.21. The van der Waals surface area contributed by atoms with Gasteiger partial charge in [-0.3, -0.25) is 0 Å². The van der Waals surface area contributed by atoms with Crippen molar-refractivity contribution in [3.05, 3.63) is 61.5 Å². The maximum Gasteiger partial charge on any atom is 0.367 e. The van der Waals surface area contributed by atoms with Crippen LogP contribution in [0.3, 0.4) is 0 Å².